The second-order valence-corrected chi connectivity index (χ2v) is 6.38. The number of aryl methyl sites for hydroxylation is 1. The van der Waals surface area contributed by atoms with E-state index >= 15 is 0 Å². The molecule has 0 spiro atoms. The van der Waals surface area contributed by atoms with E-state index in [-0.39, 0.29) is 12.3 Å². The topological polar surface area (TPSA) is 86.4 Å². The minimum atomic E-state index is -0.403. The molecule has 0 saturated carbocycles. The monoisotopic (exact) mass is 385 g/mol. The molecule has 1 aliphatic rings. The van der Waals surface area contributed by atoms with Crippen molar-refractivity contribution in [2.75, 3.05) is 33.4 Å². The fourth-order valence-corrected chi connectivity index (χ4v) is 2.89. The summed E-state index contributed by atoms with van der Waals surface area (Å²) >= 11 is 0. The van der Waals surface area contributed by atoms with E-state index in [2.05, 4.69) is 5.10 Å². The van der Waals surface area contributed by atoms with Crippen LogP contribution in [0.4, 0.5) is 5.69 Å². The molecular weight excluding hydrogens is 362 g/mol. The van der Waals surface area contributed by atoms with E-state index in [1.54, 1.807) is 26.2 Å². The van der Waals surface area contributed by atoms with Crippen LogP contribution in [0.2, 0.25) is 0 Å². The Kier molecular flexibility index (Phi) is 6.44. The third-order valence-corrected chi connectivity index (χ3v) is 4.42. The quantitative estimate of drug-likeness (QED) is 0.413. The summed E-state index contributed by atoms with van der Waals surface area (Å²) < 4.78 is 16.6. The minimum absolute atomic E-state index is 0.0752. The number of ether oxygens (including phenoxy) is 3. The molecule has 1 aliphatic heterocycles. The lowest BCUT2D eigenvalue weighted by Gasteiger charge is -2.23. The molecule has 1 saturated heterocycles. The van der Waals surface area contributed by atoms with Crippen LogP contribution in [-0.4, -0.2) is 49.6 Å². The van der Waals surface area contributed by atoms with Crippen LogP contribution in [0.1, 0.15) is 16.7 Å². The molecule has 0 bridgehead atoms. The van der Waals surface area contributed by atoms with Gasteiger partial charge < -0.3 is 14.2 Å². The molecule has 1 heterocycles. The molecule has 1 fully saturated rings. The highest BCUT2D eigenvalue weighted by Gasteiger charge is 2.12. The molecule has 3 rings (SSSR count). The van der Waals surface area contributed by atoms with Crippen molar-refractivity contribution in [2.45, 2.75) is 13.5 Å². The van der Waals surface area contributed by atoms with E-state index in [0.717, 1.165) is 24.2 Å². The number of hydrogen-bond donors (Lipinski definition) is 0. The van der Waals surface area contributed by atoms with Crippen molar-refractivity contribution in [3.63, 3.8) is 0 Å². The van der Waals surface area contributed by atoms with Crippen LogP contribution in [0.15, 0.2) is 41.5 Å². The van der Waals surface area contributed by atoms with Crippen molar-refractivity contribution in [1.29, 1.82) is 0 Å². The number of benzene rings is 2. The Labute approximate surface area is 163 Å². The van der Waals surface area contributed by atoms with Gasteiger partial charge in [0.25, 0.3) is 5.69 Å². The van der Waals surface area contributed by atoms with Gasteiger partial charge in [0.1, 0.15) is 18.1 Å². The summed E-state index contributed by atoms with van der Waals surface area (Å²) in [7, 11) is 1.61. The highest BCUT2D eigenvalue weighted by atomic mass is 16.6. The van der Waals surface area contributed by atoms with Crippen LogP contribution in [0.3, 0.4) is 0 Å². The molecule has 0 amide bonds. The summed E-state index contributed by atoms with van der Waals surface area (Å²) in [5.41, 5.74) is 2.43. The fraction of sp³-hybridized carbons (Fsp3) is 0.350. The maximum absolute atomic E-state index is 10.9. The van der Waals surface area contributed by atoms with Crippen LogP contribution < -0.4 is 9.47 Å². The third-order valence-electron chi connectivity index (χ3n) is 4.42. The average Bonchev–Trinajstić information content (AvgIpc) is 2.71. The summed E-state index contributed by atoms with van der Waals surface area (Å²) in [6.45, 7) is 4.90. The van der Waals surface area contributed by atoms with Crippen molar-refractivity contribution < 1.29 is 19.1 Å². The van der Waals surface area contributed by atoms with Crippen molar-refractivity contribution in [3.8, 4) is 11.5 Å². The standard InChI is InChI=1S/C20H23N3O5/c1-15-11-18(4-5-19(15)23(24)25)28-14-17-12-16(3-6-20(17)26-2)13-21-22-7-9-27-10-8-22/h3-6,11-13H,7-10,14H2,1-2H3. The first kappa shape index (κ1) is 19.6. The molecule has 0 atom stereocenters. The third kappa shape index (κ3) is 4.98. The van der Waals surface area contributed by atoms with Crippen LogP contribution in [0, 0.1) is 17.0 Å². The van der Waals surface area contributed by atoms with E-state index in [1.165, 1.54) is 6.07 Å². The van der Waals surface area contributed by atoms with Gasteiger partial charge in [-0.15, -0.1) is 0 Å². The zero-order chi connectivity index (χ0) is 19.9. The zero-order valence-electron chi connectivity index (χ0n) is 16.0. The number of hydrogen-bond acceptors (Lipinski definition) is 7. The molecule has 0 aromatic heterocycles. The normalized spacial score (nSPS) is 14.3. The molecule has 2 aromatic carbocycles. The number of nitro benzene ring substituents is 1. The lowest BCUT2D eigenvalue weighted by molar-refractivity contribution is -0.385. The molecule has 0 unspecified atom stereocenters. The van der Waals surface area contributed by atoms with Gasteiger partial charge in [-0.05, 0) is 42.8 Å². The van der Waals surface area contributed by atoms with Gasteiger partial charge in [-0.2, -0.15) is 5.10 Å². The average molecular weight is 385 g/mol. The van der Waals surface area contributed by atoms with Crippen LogP contribution >= 0.6 is 0 Å². The Balaban J connectivity index is 1.70. The van der Waals surface area contributed by atoms with E-state index in [0.29, 0.717) is 30.3 Å². The molecule has 0 radical (unpaired) electrons. The second kappa shape index (κ2) is 9.18. The summed E-state index contributed by atoms with van der Waals surface area (Å²) in [5.74, 6) is 1.28. The minimum Gasteiger partial charge on any atom is -0.496 e. The summed E-state index contributed by atoms with van der Waals surface area (Å²) in [6.07, 6.45) is 1.81. The molecule has 148 valence electrons. The number of morpholine rings is 1. The zero-order valence-corrected chi connectivity index (χ0v) is 16.0. The van der Waals surface area contributed by atoms with Crippen molar-refractivity contribution in [3.05, 3.63) is 63.2 Å². The van der Waals surface area contributed by atoms with Gasteiger partial charge in [0.2, 0.25) is 0 Å². The predicted molar refractivity (Wildman–Crippen MR) is 105 cm³/mol. The van der Waals surface area contributed by atoms with Gasteiger partial charge >= 0.3 is 0 Å². The number of methoxy groups -OCH3 is 1. The van der Waals surface area contributed by atoms with E-state index < -0.39 is 4.92 Å². The predicted octanol–water partition coefficient (Wildman–Crippen LogP) is 3.16. The molecular formula is C20H23N3O5. The first-order chi connectivity index (χ1) is 13.6. The van der Waals surface area contributed by atoms with Gasteiger partial charge in [-0.25, -0.2) is 0 Å². The molecule has 0 N–H and O–H groups in total. The second-order valence-electron chi connectivity index (χ2n) is 6.38. The Morgan fingerprint density at radius 1 is 1.25 bits per heavy atom. The highest BCUT2D eigenvalue weighted by molar-refractivity contribution is 5.80. The lowest BCUT2D eigenvalue weighted by atomic mass is 10.1. The van der Waals surface area contributed by atoms with E-state index in [9.17, 15) is 10.1 Å². The Bertz CT molecular complexity index is 863. The fourth-order valence-electron chi connectivity index (χ4n) is 2.89. The summed E-state index contributed by atoms with van der Waals surface area (Å²) in [6, 6.07) is 10.5. The maximum Gasteiger partial charge on any atom is 0.272 e. The SMILES string of the molecule is COc1ccc(C=NN2CCOCC2)cc1COc1ccc([N+](=O)[O-])c(C)c1. The first-order valence-electron chi connectivity index (χ1n) is 8.98. The Morgan fingerprint density at radius 3 is 2.71 bits per heavy atom. The van der Waals surface area contributed by atoms with Crippen molar-refractivity contribution in [1.82, 2.24) is 5.01 Å². The van der Waals surface area contributed by atoms with Gasteiger partial charge in [-0.3, -0.25) is 15.1 Å². The molecule has 28 heavy (non-hydrogen) atoms. The van der Waals surface area contributed by atoms with E-state index in [1.807, 2.05) is 29.4 Å². The van der Waals surface area contributed by atoms with Crippen molar-refractivity contribution >= 4 is 11.9 Å². The van der Waals surface area contributed by atoms with E-state index in [4.69, 9.17) is 14.2 Å². The summed E-state index contributed by atoms with van der Waals surface area (Å²) in [5, 5.41) is 17.4. The Hall–Kier alpha value is -3.13. The van der Waals surface area contributed by atoms with Crippen molar-refractivity contribution in [2.24, 2.45) is 5.10 Å². The molecule has 8 heteroatoms. The maximum atomic E-state index is 10.9. The van der Waals surface area contributed by atoms with Gasteiger partial charge in [0.05, 0.1) is 44.6 Å². The Morgan fingerprint density at radius 2 is 2.04 bits per heavy atom. The van der Waals surface area contributed by atoms with Gasteiger partial charge in [0, 0.05) is 17.2 Å². The number of rotatable bonds is 7. The largest absolute Gasteiger partial charge is 0.496 e. The highest BCUT2D eigenvalue weighted by Crippen LogP contribution is 2.26. The molecule has 8 nitrogen and oxygen atoms in total. The van der Waals surface area contributed by atoms with Crippen LogP contribution in [0.25, 0.3) is 0 Å². The number of nitrogens with zero attached hydrogens (tertiary/aromatic N) is 3. The van der Waals surface area contributed by atoms with Gasteiger partial charge in [0.15, 0.2) is 0 Å². The molecule has 2 aromatic rings. The molecule has 0 aliphatic carbocycles. The van der Waals surface area contributed by atoms with Crippen LogP contribution in [0.5, 0.6) is 11.5 Å². The first-order valence-corrected chi connectivity index (χ1v) is 8.98. The summed E-state index contributed by atoms with van der Waals surface area (Å²) in [4.78, 5) is 10.5. The number of nitro groups is 1. The lowest BCUT2D eigenvalue weighted by Crippen LogP contribution is -2.32. The van der Waals surface area contributed by atoms with Crippen LogP contribution in [-0.2, 0) is 11.3 Å². The smallest absolute Gasteiger partial charge is 0.272 e. The van der Waals surface area contributed by atoms with Gasteiger partial charge in [-0.1, -0.05) is 0 Å². The number of hydrazone groups is 1.